The summed E-state index contributed by atoms with van der Waals surface area (Å²) >= 11 is 7.32. The summed E-state index contributed by atoms with van der Waals surface area (Å²) in [5.74, 6) is 0.747. The lowest BCUT2D eigenvalue weighted by Gasteiger charge is -2.10. The van der Waals surface area contributed by atoms with Gasteiger partial charge in [0, 0.05) is 5.56 Å². The minimum Gasteiger partial charge on any atom is -0.494 e. The number of methoxy groups -OCH3 is 1. The van der Waals surface area contributed by atoms with Gasteiger partial charge < -0.3 is 4.74 Å². The highest BCUT2D eigenvalue weighted by Crippen LogP contribution is 2.27. The van der Waals surface area contributed by atoms with Crippen molar-refractivity contribution in [2.75, 3.05) is 12.9 Å². The first-order chi connectivity index (χ1) is 12.1. The van der Waals surface area contributed by atoms with Crippen molar-refractivity contribution < 1.29 is 9.53 Å². The number of Topliss-reactive ketones (excluding diaryl/α,β-unsaturated/α-hetero) is 1. The Morgan fingerprint density at radius 2 is 2.08 bits per heavy atom. The summed E-state index contributed by atoms with van der Waals surface area (Å²) in [5.41, 5.74) is 2.26. The number of nitrogens with zero attached hydrogens (tertiary/aromatic N) is 4. The van der Waals surface area contributed by atoms with E-state index in [2.05, 4.69) is 15.5 Å². The highest BCUT2D eigenvalue weighted by atomic mass is 35.5. The summed E-state index contributed by atoms with van der Waals surface area (Å²) in [6.07, 6.45) is 0. The molecule has 0 atom stereocenters. The van der Waals surface area contributed by atoms with Crippen molar-refractivity contribution in [1.29, 1.82) is 0 Å². The summed E-state index contributed by atoms with van der Waals surface area (Å²) in [4.78, 5) is 12.4. The molecule has 128 valence electrons. The molecule has 3 aromatic rings. The van der Waals surface area contributed by atoms with Gasteiger partial charge in [-0.15, -0.1) is 5.10 Å². The first kappa shape index (κ1) is 17.4. The zero-order chi connectivity index (χ0) is 17.8. The van der Waals surface area contributed by atoms with Crippen LogP contribution in [0, 0.1) is 6.92 Å². The van der Waals surface area contributed by atoms with Crippen molar-refractivity contribution >= 4 is 29.1 Å². The fourth-order valence-corrected chi connectivity index (χ4v) is 3.29. The lowest BCUT2D eigenvalue weighted by atomic mass is 10.1. The number of halogens is 1. The van der Waals surface area contributed by atoms with Crippen molar-refractivity contribution in [3.05, 3.63) is 58.6 Å². The molecule has 0 spiro atoms. The minimum atomic E-state index is -0.0821. The Labute approximate surface area is 154 Å². The van der Waals surface area contributed by atoms with Crippen LogP contribution in [-0.4, -0.2) is 38.9 Å². The molecule has 3 rings (SSSR count). The molecule has 1 aromatic heterocycles. The number of aromatic nitrogens is 4. The van der Waals surface area contributed by atoms with Crippen molar-refractivity contribution in [3.8, 4) is 11.4 Å². The number of carbonyl (C=O) groups excluding carboxylic acids is 1. The van der Waals surface area contributed by atoms with Gasteiger partial charge in [0.2, 0.25) is 5.16 Å². The number of hydrogen-bond acceptors (Lipinski definition) is 6. The van der Waals surface area contributed by atoms with Crippen molar-refractivity contribution in [2.24, 2.45) is 0 Å². The SMILES string of the molecule is COc1ccc(C)cc1-n1nnnc1SCC(=O)c1ccccc1Cl. The van der Waals surface area contributed by atoms with Crippen molar-refractivity contribution in [2.45, 2.75) is 12.1 Å². The van der Waals surface area contributed by atoms with E-state index in [-0.39, 0.29) is 11.5 Å². The molecular formula is C17H15ClN4O2S. The maximum Gasteiger partial charge on any atom is 0.214 e. The van der Waals surface area contributed by atoms with Gasteiger partial charge in [-0.1, -0.05) is 41.6 Å². The lowest BCUT2D eigenvalue weighted by molar-refractivity contribution is 0.102. The molecule has 0 aliphatic heterocycles. The summed E-state index contributed by atoms with van der Waals surface area (Å²) in [6, 6.07) is 12.7. The van der Waals surface area contributed by atoms with E-state index >= 15 is 0 Å². The van der Waals surface area contributed by atoms with Gasteiger partial charge in [0.15, 0.2) is 5.78 Å². The average Bonchev–Trinajstić information content (AvgIpc) is 3.08. The molecule has 0 amide bonds. The molecule has 6 nitrogen and oxygen atoms in total. The summed E-state index contributed by atoms with van der Waals surface area (Å²) in [6.45, 7) is 1.97. The van der Waals surface area contributed by atoms with E-state index in [4.69, 9.17) is 16.3 Å². The second-order valence-electron chi connectivity index (χ2n) is 5.24. The number of hydrogen-bond donors (Lipinski definition) is 0. The molecule has 0 fully saturated rings. The van der Waals surface area contributed by atoms with Crippen LogP contribution >= 0.6 is 23.4 Å². The van der Waals surface area contributed by atoms with Gasteiger partial charge in [-0.25, -0.2) is 0 Å². The smallest absolute Gasteiger partial charge is 0.214 e. The average molecular weight is 375 g/mol. The maximum absolute atomic E-state index is 12.4. The quantitative estimate of drug-likeness (QED) is 0.485. The third kappa shape index (κ3) is 3.83. The highest BCUT2D eigenvalue weighted by Gasteiger charge is 2.16. The highest BCUT2D eigenvalue weighted by molar-refractivity contribution is 7.99. The predicted octanol–water partition coefficient (Wildman–Crippen LogP) is 3.61. The molecule has 0 N–H and O–H groups in total. The summed E-state index contributed by atoms with van der Waals surface area (Å²) in [7, 11) is 1.59. The van der Waals surface area contributed by atoms with Crippen LogP contribution in [0.4, 0.5) is 0 Å². The number of thioether (sulfide) groups is 1. The Morgan fingerprint density at radius 1 is 1.28 bits per heavy atom. The maximum atomic E-state index is 12.4. The Morgan fingerprint density at radius 3 is 2.84 bits per heavy atom. The monoisotopic (exact) mass is 374 g/mol. The van der Waals surface area contributed by atoms with E-state index in [0.717, 1.165) is 11.3 Å². The number of carbonyl (C=O) groups is 1. The lowest BCUT2D eigenvalue weighted by Crippen LogP contribution is -2.06. The largest absolute Gasteiger partial charge is 0.494 e. The van der Waals surface area contributed by atoms with E-state index in [0.29, 0.717) is 21.5 Å². The molecule has 0 bridgehead atoms. The molecule has 0 unspecified atom stereocenters. The van der Waals surface area contributed by atoms with Gasteiger partial charge in [0.25, 0.3) is 0 Å². The van der Waals surface area contributed by atoms with Crippen LogP contribution in [0.1, 0.15) is 15.9 Å². The van der Waals surface area contributed by atoms with E-state index in [9.17, 15) is 4.79 Å². The van der Waals surface area contributed by atoms with Gasteiger partial charge in [0.05, 0.1) is 17.9 Å². The second-order valence-corrected chi connectivity index (χ2v) is 6.59. The molecule has 25 heavy (non-hydrogen) atoms. The fourth-order valence-electron chi connectivity index (χ4n) is 2.28. The van der Waals surface area contributed by atoms with Crippen LogP contribution < -0.4 is 4.74 Å². The van der Waals surface area contributed by atoms with E-state index in [1.165, 1.54) is 11.8 Å². The number of tetrazole rings is 1. The predicted molar refractivity (Wildman–Crippen MR) is 96.9 cm³/mol. The molecule has 2 aromatic carbocycles. The Bertz CT molecular complexity index is 913. The third-order valence-electron chi connectivity index (χ3n) is 3.51. The fraction of sp³-hybridized carbons (Fsp3) is 0.176. The first-order valence-corrected chi connectivity index (χ1v) is 8.80. The van der Waals surface area contributed by atoms with Crippen LogP contribution in [0.3, 0.4) is 0 Å². The van der Waals surface area contributed by atoms with Gasteiger partial charge in [-0.3, -0.25) is 4.79 Å². The number of ether oxygens (including phenoxy) is 1. The zero-order valence-electron chi connectivity index (χ0n) is 13.6. The standard InChI is InChI=1S/C17H15ClN4O2S/c1-11-7-8-16(24-2)14(9-11)22-17(19-20-21-22)25-10-15(23)12-5-3-4-6-13(12)18/h3-9H,10H2,1-2H3. The molecule has 0 saturated carbocycles. The Hall–Kier alpha value is -2.38. The molecule has 0 aliphatic carbocycles. The Kier molecular flexibility index (Phi) is 5.35. The molecule has 8 heteroatoms. The van der Waals surface area contributed by atoms with E-state index in [1.54, 1.807) is 36.1 Å². The number of benzene rings is 2. The summed E-state index contributed by atoms with van der Waals surface area (Å²) in [5, 5.41) is 12.7. The van der Waals surface area contributed by atoms with Crippen LogP contribution in [0.15, 0.2) is 47.6 Å². The van der Waals surface area contributed by atoms with Crippen LogP contribution in [0.2, 0.25) is 5.02 Å². The van der Waals surface area contributed by atoms with Gasteiger partial charge in [0.1, 0.15) is 11.4 Å². The van der Waals surface area contributed by atoms with Gasteiger partial charge in [-0.2, -0.15) is 4.68 Å². The van der Waals surface area contributed by atoms with Crippen molar-refractivity contribution in [1.82, 2.24) is 20.2 Å². The second kappa shape index (κ2) is 7.67. The van der Waals surface area contributed by atoms with Crippen molar-refractivity contribution in [3.63, 3.8) is 0 Å². The first-order valence-electron chi connectivity index (χ1n) is 7.44. The Balaban J connectivity index is 1.83. The molecule has 0 saturated heterocycles. The summed E-state index contributed by atoms with van der Waals surface area (Å²) < 4.78 is 6.95. The molecule has 0 aliphatic rings. The number of aryl methyl sites for hydroxylation is 1. The van der Waals surface area contributed by atoms with Crippen LogP contribution in [0.5, 0.6) is 5.75 Å². The topological polar surface area (TPSA) is 69.9 Å². The van der Waals surface area contributed by atoms with E-state index < -0.39 is 0 Å². The molecular weight excluding hydrogens is 360 g/mol. The third-order valence-corrected chi connectivity index (χ3v) is 4.76. The number of rotatable bonds is 6. The molecule has 0 radical (unpaired) electrons. The van der Waals surface area contributed by atoms with Crippen LogP contribution in [-0.2, 0) is 0 Å². The zero-order valence-corrected chi connectivity index (χ0v) is 15.2. The minimum absolute atomic E-state index is 0.0821. The van der Waals surface area contributed by atoms with Crippen LogP contribution in [0.25, 0.3) is 5.69 Å². The van der Waals surface area contributed by atoms with Gasteiger partial charge >= 0.3 is 0 Å². The van der Waals surface area contributed by atoms with E-state index in [1.807, 2.05) is 25.1 Å². The molecule has 1 heterocycles. The number of ketones is 1. The normalized spacial score (nSPS) is 10.7. The van der Waals surface area contributed by atoms with Gasteiger partial charge in [-0.05, 0) is 47.2 Å².